The number of urea groups is 1. The third-order valence-electron chi connectivity index (χ3n) is 3.91. The van der Waals surface area contributed by atoms with E-state index in [0.717, 1.165) is 0 Å². The Morgan fingerprint density at radius 1 is 1.12 bits per heavy atom. The summed E-state index contributed by atoms with van der Waals surface area (Å²) in [6, 6.07) is 11.4. The Labute approximate surface area is 153 Å². The van der Waals surface area contributed by atoms with Crippen LogP contribution >= 0.6 is 0 Å². The number of hydrogen-bond acceptors (Lipinski definition) is 3. The van der Waals surface area contributed by atoms with E-state index < -0.39 is 21.9 Å². The summed E-state index contributed by atoms with van der Waals surface area (Å²) in [5.74, 6) is -0.392. The van der Waals surface area contributed by atoms with E-state index in [1.165, 1.54) is 41.7 Å². The number of carbonyl (C=O) groups excluding carboxylic acids is 1. The Morgan fingerprint density at radius 3 is 2.31 bits per heavy atom. The van der Waals surface area contributed by atoms with Gasteiger partial charge in [-0.1, -0.05) is 18.2 Å². The fourth-order valence-electron chi connectivity index (χ4n) is 2.15. The number of amides is 2. The molecule has 0 atom stereocenters. The van der Waals surface area contributed by atoms with Crippen molar-refractivity contribution in [1.82, 2.24) is 9.62 Å². The lowest BCUT2D eigenvalue weighted by atomic mass is 10.2. The minimum atomic E-state index is -3.57. The maximum absolute atomic E-state index is 13.5. The van der Waals surface area contributed by atoms with Crippen molar-refractivity contribution in [2.75, 3.05) is 12.4 Å². The Bertz CT molecular complexity index is 868. The summed E-state index contributed by atoms with van der Waals surface area (Å²) in [6.45, 7) is 3.62. The Hall–Kier alpha value is -2.45. The minimum Gasteiger partial charge on any atom is -0.334 e. The highest BCUT2D eigenvalue weighted by molar-refractivity contribution is 7.89. The molecule has 0 spiro atoms. The molecule has 0 aromatic heterocycles. The molecule has 0 heterocycles. The smallest absolute Gasteiger partial charge is 0.319 e. The summed E-state index contributed by atoms with van der Waals surface area (Å²) < 4.78 is 39.6. The van der Waals surface area contributed by atoms with Gasteiger partial charge in [-0.05, 0) is 44.2 Å². The van der Waals surface area contributed by atoms with Crippen LogP contribution in [0, 0.1) is 5.82 Å². The highest BCUT2D eigenvalue weighted by Gasteiger charge is 2.22. The number of benzene rings is 2. The normalized spacial score (nSPS) is 11.6. The van der Waals surface area contributed by atoms with E-state index in [4.69, 9.17) is 0 Å². The second kappa shape index (κ2) is 8.29. The van der Waals surface area contributed by atoms with E-state index in [2.05, 4.69) is 10.6 Å². The molecular formula is C18H22FN3O3S. The molecule has 6 nitrogen and oxygen atoms in total. The van der Waals surface area contributed by atoms with E-state index in [0.29, 0.717) is 11.3 Å². The van der Waals surface area contributed by atoms with Gasteiger partial charge in [0.1, 0.15) is 5.82 Å². The van der Waals surface area contributed by atoms with Crippen molar-refractivity contribution in [3.05, 3.63) is 59.9 Å². The average molecular weight is 379 g/mol. The fraction of sp³-hybridized carbons (Fsp3) is 0.278. The van der Waals surface area contributed by atoms with Crippen molar-refractivity contribution in [3.8, 4) is 0 Å². The van der Waals surface area contributed by atoms with Crippen molar-refractivity contribution >= 4 is 21.7 Å². The molecule has 0 fully saturated rings. The van der Waals surface area contributed by atoms with Crippen molar-refractivity contribution in [3.63, 3.8) is 0 Å². The number of carbonyl (C=O) groups is 1. The zero-order valence-corrected chi connectivity index (χ0v) is 15.7. The van der Waals surface area contributed by atoms with Crippen LogP contribution in [0.5, 0.6) is 0 Å². The molecule has 2 amide bonds. The van der Waals surface area contributed by atoms with Gasteiger partial charge in [0.25, 0.3) is 0 Å². The molecule has 0 aliphatic rings. The highest BCUT2D eigenvalue weighted by atomic mass is 32.2. The van der Waals surface area contributed by atoms with Crippen LogP contribution in [0.15, 0.2) is 53.4 Å². The van der Waals surface area contributed by atoms with Crippen molar-refractivity contribution in [1.29, 1.82) is 0 Å². The first kappa shape index (κ1) is 19.9. The average Bonchev–Trinajstić information content (AvgIpc) is 2.60. The van der Waals surface area contributed by atoms with Gasteiger partial charge < -0.3 is 10.6 Å². The summed E-state index contributed by atoms with van der Waals surface area (Å²) >= 11 is 0. The SMILES string of the molecule is CC(C)N(C)S(=O)(=O)c1ccc(NC(=O)NCc2ccccc2F)cc1. The third-order valence-corrected chi connectivity index (χ3v) is 5.96. The van der Waals surface area contributed by atoms with Crippen molar-refractivity contribution in [2.24, 2.45) is 0 Å². The van der Waals surface area contributed by atoms with Gasteiger partial charge in [0, 0.05) is 30.9 Å². The van der Waals surface area contributed by atoms with Crippen molar-refractivity contribution < 1.29 is 17.6 Å². The summed E-state index contributed by atoms with van der Waals surface area (Å²) in [5.41, 5.74) is 0.808. The largest absolute Gasteiger partial charge is 0.334 e. The molecule has 0 aliphatic carbocycles. The van der Waals surface area contributed by atoms with Gasteiger partial charge in [0.05, 0.1) is 4.90 Å². The zero-order valence-electron chi connectivity index (χ0n) is 14.9. The molecule has 2 rings (SSSR count). The Balaban J connectivity index is 1.98. The molecule has 2 aromatic carbocycles. The Kier molecular flexibility index (Phi) is 6.33. The number of nitrogens with zero attached hydrogens (tertiary/aromatic N) is 1. The van der Waals surface area contributed by atoms with Crippen LogP contribution in [-0.4, -0.2) is 31.8 Å². The summed E-state index contributed by atoms with van der Waals surface area (Å²) in [7, 11) is -2.05. The number of hydrogen-bond donors (Lipinski definition) is 2. The standard InChI is InChI=1S/C18H22FN3O3S/c1-13(2)22(3)26(24,25)16-10-8-15(9-11-16)21-18(23)20-12-14-6-4-5-7-17(14)19/h4-11,13H,12H2,1-3H3,(H2,20,21,23). The van der Waals surface area contributed by atoms with Gasteiger partial charge in [-0.25, -0.2) is 17.6 Å². The molecule has 0 unspecified atom stereocenters. The van der Waals surface area contributed by atoms with Crippen LogP contribution in [0.4, 0.5) is 14.9 Å². The number of anilines is 1. The maximum Gasteiger partial charge on any atom is 0.319 e. The van der Waals surface area contributed by atoms with Crippen LogP contribution in [0.2, 0.25) is 0 Å². The van der Waals surface area contributed by atoms with E-state index >= 15 is 0 Å². The first-order valence-corrected chi connectivity index (χ1v) is 9.52. The molecule has 0 saturated carbocycles. The van der Waals surface area contributed by atoms with Crippen LogP contribution < -0.4 is 10.6 Å². The highest BCUT2D eigenvalue weighted by Crippen LogP contribution is 2.19. The van der Waals surface area contributed by atoms with Gasteiger partial charge in [-0.2, -0.15) is 4.31 Å². The molecule has 2 aromatic rings. The van der Waals surface area contributed by atoms with Crippen LogP contribution in [0.25, 0.3) is 0 Å². The third kappa shape index (κ3) is 4.80. The zero-order chi connectivity index (χ0) is 19.3. The summed E-state index contributed by atoms with van der Waals surface area (Å²) in [6.07, 6.45) is 0. The van der Waals surface area contributed by atoms with Crippen LogP contribution in [0.3, 0.4) is 0 Å². The molecule has 0 radical (unpaired) electrons. The number of rotatable bonds is 6. The molecule has 8 heteroatoms. The quantitative estimate of drug-likeness (QED) is 0.809. The fourth-order valence-corrected chi connectivity index (χ4v) is 3.51. The first-order valence-electron chi connectivity index (χ1n) is 8.08. The molecule has 2 N–H and O–H groups in total. The number of sulfonamides is 1. The Morgan fingerprint density at radius 2 is 1.73 bits per heavy atom. The molecule has 0 bridgehead atoms. The van der Waals surface area contributed by atoms with E-state index in [9.17, 15) is 17.6 Å². The first-order chi connectivity index (χ1) is 12.2. The predicted molar refractivity (Wildman–Crippen MR) is 98.8 cm³/mol. The number of nitrogens with one attached hydrogen (secondary N) is 2. The molecular weight excluding hydrogens is 357 g/mol. The second-order valence-corrected chi connectivity index (χ2v) is 8.04. The van der Waals surface area contributed by atoms with E-state index in [1.807, 2.05) is 0 Å². The van der Waals surface area contributed by atoms with Gasteiger partial charge in [0.2, 0.25) is 10.0 Å². The van der Waals surface area contributed by atoms with Gasteiger partial charge >= 0.3 is 6.03 Å². The molecule has 26 heavy (non-hydrogen) atoms. The number of halogens is 1. The van der Waals surface area contributed by atoms with Gasteiger partial charge in [-0.15, -0.1) is 0 Å². The monoisotopic (exact) mass is 379 g/mol. The van der Waals surface area contributed by atoms with E-state index in [-0.39, 0.29) is 17.5 Å². The lowest BCUT2D eigenvalue weighted by Gasteiger charge is -2.21. The van der Waals surface area contributed by atoms with Gasteiger partial charge in [-0.3, -0.25) is 0 Å². The summed E-state index contributed by atoms with van der Waals surface area (Å²) in [5, 5.41) is 5.13. The predicted octanol–water partition coefficient (Wildman–Crippen LogP) is 3.18. The minimum absolute atomic E-state index is 0.0458. The molecule has 0 aliphatic heterocycles. The second-order valence-electron chi connectivity index (χ2n) is 6.04. The summed E-state index contributed by atoms with van der Waals surface area (Å²) in [4.78, 5) is 12.0. The van der Waals surface area contributed by atoms with Crippen LogP contribution in [-0.2, 0) is 16.6 Å². The molecule has 140 valence electrons. The van der Waals surface area contributed by atoms with Crippen LogP contribution in [0.1, 0.15) is 19.4 Å². The lowest BCUT2D eigenvalue weighted by Crippen LogP contribution is -2.33. The maximum atomic E-state index is 13.5. The van der Waals surface area contributed by atoms with Crippen molar-refractivity contribution in [2.45, 2.75) is 31.3 Å². The van der Waals surface area contributed by atoms with E-state index in [1.54, 1.807) is 32.0 Å². The van der Waals surface area contributed by atoms with Gasteiger partial charge in [0.15, 0.2) is 0 Å². The lowest BCUT2D eigenvalue weighted by molar-refractivity contribution is 0.251. The molecule has 0 saturated heterocycles. The topological polar surface area (TPSA) is 78.5 Å².